The number of carbonyl (C=O) groups excluding carboxylic acids is 2. The third-order valence-corrected chi connectivity index (χ3v) is 4.59. The Balaban J connectivity index is 1.44. The third-order valence-electron chi connectivity index (χ3n) is 3.57. The summed E-state index contributed by atoms with van der Waals surface area (Å²) < 4.78 is 6.44. The number of aromatic nitrogens is 4. The first kappa shape index (κ1) is 18.8. The molecule has 0 radical (unpaired) electrons. The van der Waals surface area contributed by atoms with Gasteiger partial charge in [0.15, 0.2) is 6.61 Å². The first-order valence-corrected chi connectivity index (χ1v) is 9.34. The summed E-state index contributed by atoms with van der Waals surface area (Å²) in [4.78, 5) is 33.3. The maximum absolute atomic E-state index is 12.1. The van der Waals surface area contributed by atoms with E-state index in [1.807, 2.05) is 50.2 Å². The molecule has 1 N–H and O–H groups in total. The molecule has 2 heterocycles. The molecule has 8 nitrogen and oxygen atoms in total. The number of thioether (sulfide) groups is 1. The molecule has 0 aliphatic heterocycles. The van der Waals surface area contributed by atoms with Crippen LogP contribution in [-0.2, 0) is 9.53 Å². The van der Waals surface area contributed by atoms with E-state index in [1.165, 1.54) is 4.52 Å². The van der Waals surface area contributed by atoms with Crippen LogP contribution in [0.4, 0.5) is 0 Å². The van der Waals surface area contributed by atoms with Gasteiger partial charge in [-0.3, -0.25) is 4.79 Å². The van der Waals surface area contributed by atoms with Crippen molar-refractivity contribution in [1.82, 2.24) is 24.9 Å². The van der Waals surface area contributed by atoms with Gasteiger partial charge in [-0.2, -0.15) is 4.98 Å². The minimum atomic E-state index is -0.758. The van der Waals surface area contributed by atoms with Gasteiger partial charge in [0, 0.05) is 28.6 Å². The summed E-state index contributed by atoms with van der Waals surface area (Å²) in [7, 11) is 0. The van der Waals surface area contributed by atoms with Crippen LogP contribution in [0.1, 0.15) is 22.0 Å². The largest absolute Gasteiger partial charge is 0.450 e. The fraction of sp³-hybridized carbons (Fsp3) is 0.278. The second kappa shape index (κ2) is 8.63. The van der Waals surface area contributed by atoms with E-state index in [0.29, 0.717) is 12.3 Å². The van der Waals surface area contributed by atoms with Crippen LogP contribution in [0.5, 0.6) is 0 Å². The van der Waals surface area contributed by atoms with Gasteiger partial charge in [0.2, 0.25) is 0 Å². The molecule has 0 fully saturated rings. The number of esters is 1. The Kier molecular flexibility index (Phi) is 6.02. The van der Waals surface area contributed by atoms with Crippen molar-refractivity contribution in [2.45, 2.75) is 18.7 Å². The lowest BCUT2D eigenvalue weighted by atomic mass is 10.4. The number of benzene rings is 1. The number of nitrogens with one attached hydrogen (secondary N) is 1. The van der Waals surface area contributed by atoms with Gasteiger partial charge < -0.3 is 10.1 Å². The van der Waals surface area contributed by atoms with Crippen molar-refractivity contribution in [2.75, 3.05) is 18.9 Å². The third kappa shape index (κ3) is 5.04. The SMILES string of the molecule is Cc1cc(C)n2nc(C(=O)OCC(=O)NCCSc3ccccc3)nc2n1. The zero-order chi connectivity index (χ0) is 19.2. The maximum Gasteiger partial charge on any atom is 0.378 e. The Morgan fingerprint density at radius 2 is 1.96 bits per heavy atom. The predicted octanol–water partition coefficient (Wildman–Crippen LogP) is 1.81. The van der Waals surface area contributed by atoms with Crippen LogP contribution < -0.4 is 5.32 Å². The van der Waals surface area contributed by atoms with Crippen molar-refractivity contribution in [3.05, 3.63) is 53.6 Å². The van der Waals surface area contributed by atoms with Crippen LogP contribution in [0.15, 0.2) is 41.3 Å². The molecule has 0 atom stereocenters. The molecule has 3 aromatic rings. The zero-order valence-electron chi connectivity index (χ0n) is 15.0. The highest BCUT2D eigenvalue weighted by molar-refractivity contribution is 7.99. The summed E-state index contributed by atoms with van der Waals surface area (Å²) in [5.41, 5.74) is 1.58. The van der Waals surface area contributed by atoms with E-state index in [2.05, 4.69) is 20.4 Å². The second-order valence-corrected chi connectivity index (χ2v) is 6.94. The highest BCUT2D eigenvalue weighted by Crippen LogP contribution is 2.15. The van der Waals surface area contributed by atoms with Crippen molar-refractivity contribution in [3.8, 4) is 0 Å². The number of rotatable bonds is 7. The molecule has 0 bridgehead atoms. The van der Waals surface area contributed by atoms with Crippen LogP contribution in [-0.4, -0.2) is 50.4 Å². The summed E-state index contributed by atoms with van der Waals surface area (Å²) in [5, 5.41) is 6.78. The molecular formula is C18H19N5O3S. The van der Waals surface area contributed by atoms with Gasteiger partial charge >= 0.3 is 5.97 Å². The molecular weight excluding hydrogens is 366 g/mol. The smallest absolute Gasteiger partial charge is 0.378 e. The summed E-state index contributed by atoms with van der Waals surface area (Å²) in [6, 6.07) is 11.7. The highest BCUT2D eigenvalue weighted by Gasteiger charge is 2.17. The summed E-state index contributed by atoms with van der Waals surface area (Å²) in [6.45, 7) is 3.77. The minimum Gasteiger partial charge on any atom is -0.450 e. The number of hydrogen-bond acceptors (Lipinski definition) is 7. The Hall–Kier alpha value is -2.94. The summed E-state index contributed by atoms with van der Waals surface area (Å²) >= 11 is 1.64. The van der Waals surface area contributed by atoms with Crippen LogP contribution >= 0.6 is 11.8 Å². The average molecular weight is 385 g/mol. The van der Waals surface area contributed by atoms with Gasteiger partial charge in [-0.15, -0.1) is 16.9 Å². The van der Waals surface area contributed by atoms with Crippen molar-refractivity contribution in [3.63, 3.8) is 0 Å². The quantitative estimate of drug-likeness (QED) is 0.376. The highest BCUT2D eigenvalue weighted by atomic mass is 32.2. The number of nitrogens with zero attached hydrogens (tertiary/aromatic N) is 4. The molecule has 0 saturated carbocycles. The lowest BCUT2D eigenvalue weighted by Gasteiger charge is -2.05. The molecule has 2 aromatic heterocycles. The molecule has 27 heavy (non-hydrogen) atoms. The Morgan fingerprint density at radius 1 is 1.19 bits per heavy atom. The molecule has 0 aliphatic rings. The minimum absolute atomic E-state index is 0.122. The van der Waals surface area contributed by atoms with Gasteiger partial charge in [-0.25, -0.2) is 14.3 Å². The molecule has 9 heteroatoms. The van der Waals surface area contributed by atoms with Crippen LogP contribution in [0.3, 0.4) is 0 Å². The van der Waals surface area contributed by atoms with E-state index in [9.17, 15) is 9.59 Å². The number of aryl methyl sites for hydroxylation is 2. The van der Waals surface area contributed by atoms with Gasteiger partial charge in [0.05, 0.1) is 0 Å². The average Bonchev–Trinajstić information content (AvgIpc) is 3.08. The predicted molar refractivity (Wildman–Crippen MR) is 101 cm³/mol. The first-order valence-electron chi connectivity index (χ1n) is 8.35. The molecule has 140 valence electrons. The molecule has 3 rings (SSSR count). The number of hydrogen-bond donors (Lipinski definition) is 1. The molecule has 1 amide bonds. The van der Waals surface area contributed by atoms with Gasteiger partial charge in [0.1, 0.15) is 0 Å². The van der Waals surface area contributed by atoms with Crippen LogP contribution in [0, 0.1) is 13.8 Å². The molecule has 1 aromatic carbocycles. The zero-order valence-corrected chi connectivity index (χ0v) is 15.8. The Labute approximate surface area is 160 Å². The number of carbonyl (C=O) groups is 2. The van der Waals surface area contributed by atoms with Crippen molar-refractivity contribution < 1.29 is 14.3 Å². The standard InChI is InChI=1S/C18H19N5O3S/c1-12-10-13(2)23-18(20-12)21-16(22-23)17(25)26-11-15(24)19-8-9-27-14-6-4-3-5-7-14/h3-7,10H,8-9,11H2,1-2H3,(H,19,24). The van der Waals surface area contributed by atoms with E-state index < -0.39 is 5.97 Å². The van der Waals surface area contributed by atoms with Gasteiger partial charge in [-0.05, 0) is 32.0 Å². The maximum atomic E-state index is 12.1. The monoisotopic (exact) mass is 385 g/mol. The lowest BCUT2D eigenvalue weighted by molar-refractivity contribution is -0.124. The van der Waals surface area contributed by atoms with Crippen LogP contribution in [0.2, 0.25) is 0 Å². The van der Waals surface area contributed by atoms with Crippen molar-refractivity contribution in [1.29, 1.82) is 0 Å². The topological polar surface area (TPSA) is 98.5 Å². The normalized spacial score (nSPS) is 10.7. The molecule has 0 unspecified atom stereocenters. The van der Waals surface area contributed by atoms with Crippen molar-refractivity contribution in [2.24, 2.45) is 0 Å². The van der Waals surface area contributed by atoms with E-state index in [-0.39, 0.29) is 18.3 Å². The summed E-state index contributed by atoms with van der Waals surface area (Å²) in [6.07, 6.45) is 0. The number of fused-ring (bicyclic) bond motifs is 1. The summed E-state index contributed by atoms with van der Waals surface area (Å²) in [5.74, 6) is -0.204. The van der Waals surface area contributed by atoms with E-state index in [4.69, 9.17) is 4.74 Å². The van der Waals surface area contributed by atoms with E-state index in [0.717, 1.165) is 22.0 Å². The Bertz CT molecular complexity index is 958. The molecule has 0 aliphatic carbocycles. The van der Waals surface area contributed by atoms with E-state index in [1.54, 1.807) is 11.8 Å². The first-order chi connectivity index (χ1) is 13.0. The fourth-order valence-electron chi connectivity index (χ4n) is 2.38. The van der Waals surface area contributed by atoms with Crippen LogP contribution in [0.25, 0.3) is 5.78 Å². The second-order valence-electron chi connectivity index (χ2n) is 5.77. The van der Waals surface area contributed by atoms with E-state index >= 15 is 0 Å². The van der Waals surface area contributed by atoms with Gasteiger partial charge in [0.25, 0.3) is 17.5 Å². The van der Waals surface area contributed by atoms with Crippen molar-refractivity contribution >= 4 is 29.4 Å². The van der Waals surface area contributed by atoms with Gasteiger partial charge in [-0.1, -0.05) is 18.2 Å². The fourth-order valence-corrected chi connectivity index (χ4v) is 3.16. The number of ether oxygens (including phenoxy) is 1. The Morgan fingerprint density at radius 3 is 2.74 bits per heavy atom. The number of amides is 1. The molecule has 0 spiro atoms. The molecule has 0 saturated heterocycles. The lowest BCUT2D eigenvalue weighted by Crippen LogP contribution is -2.30.